The summed E-state index contributed by atoms with van der Waals surface area (Å²) in [5, 5.41) is 19.8. The average molecular weight is 450 g/mol. The minimum Gasteiger partial charge on any atom is -0.465 e. The molecular formula is C19H30O12. The number of esters is 4. The van der Waals surface area contributed by atoms with Gasteiger partial charge in [-0.2, -0.15) is 0 Å². The second-order valence-corrected chi connectivity index (χ2v) is 6.58. The Morgan fingerprint density at radius 3 is 1.90 bits per heavy atom. The second kappa shape index (κ2) is 13.2. The number of aliphatic hydroxyl groups is 2. The highest BCUT2D eigenvalue weighted by atomic mass is 16.7. The molecule has 0 radical (unpaired) electrons. The highest BCUT2D eigenvalue weighted by Crippen LogP contribution is 2.27. The number of rotatable bonds is 11. The minimum atomic E-state index is -1.50. The molecule has 12 nitrogen and oxygen atoms in total. The molecule has 1 rings (SSSR count). The zero-order valence-corrected chi connectivity index (χ0v) is 18.0. The first-order valence-electron chi connectivity index (χ1n) is 9.89. The molecule has 1 heterocycles. The van der Waals surface area contributed by atoms with Crippen molar-refractivity contribution in [2.75, 3.05) is 26.4 Å². The Morgan fingerprint density at radius 2 is 1.45 bits per heavy atom. The quantitative estimate of drug-likeness (QED) is 0.226. The number of aliphatic hydroxyl groups excluding tert-OH is 2. The Bertz CT molecular complexity index is 603. The van der Waals surface area contributed by atoms with Crippen LogP contribution in [0.5, 0.6) is 0 Å². The van der Waals surface area contributed by atoms with Gasteiger partial charge in [-0.25, -0.2) is 0 Å². The van der Waals surface area contributed by atoms with Gasteiger partial charge in [0.25, 0.3) is 0 Å². The highest BCUT2D eigenvalue weighted by molar-refractivity contribution is 5.94. The molecule has 12 heteroatoms. The van der Waals surface area contributed by atoms with E-state index < -0.39 is 67.1 Å². The first-order chi connectivity index (χ1) is 14.7. The lowest BCUT2D eigenvalue weighted by Gasteiger charge is -2.42. The third-order valence-corrected chi connectivity index (χ3v) is 4.23. The Hall–Kier alpha value is -2.28. The molecule has 1 saturated heterocycles. The van der Waals surface area contributed by atoms with Crippen LogP contribution in [0.25, 0.3) is 0 Å². The first-order valence-corrected chi connectivity index (χ1v) is 9.89. The van der Waals surface area contributed by atoms with Gasteiger partial charge in [0.05, 0.1) is 26.4 Å². The van der Waals surface area contributed by atoms with E-state index in [1.807, 2.05) is 0 Å². The summed E-state index contributed by atoms with van der Waals surface area (Å²) in [4.78, 5) is 47.1. The molecule has 1 aliphatic heterocycles. The average Bonchev–Trinajstić information content (AvgIpc) is 2.69. The van der Waals surface area contributed by atoms with E-state index in [1.54, 1.807) is 13.8 Å². The van der Waals surface area contributed by atoms with Crippen LogP contribution in [0.15, 0.2) is 0 Å². The highest BCUT2D eigenvalue weighted by Gasteiger charge is 2.49. The van der Waals surface area contributed by atoms with Crippen molar-refractivity contribution >= 4 is 23.9 Å². The van der Waals surface area contributed by atoms with Crippen molar-refractivity contribution in [3.05, 3.63) is 0 Å². The number of hydrogen-bond acceptors (Lipinski definition) is 12. The fraction of sp³-hybridized carbons (Fsp3) is 0.789. The summed E-state index contributed by atoms with van der Waals surface area (Å²) in [5.41, 5.74) is 0. The summed E-state index contributed by atoms with van der Waals surface area (Å²) < 4.78 is 30.9. The van der Waals surface area contributed by atoms with Gasteiger partial charge in [-0.1, -0.05) is 0 Å². The molecule has 0 bridgehead atoms. The summed E-state index contributed by atoms with van der Waals surface area (Å²) in [7, 11) is 0. The third kappa shape index (κ3) is 8.05. The van der Waals surface area contributed by atoms with Crippen LogP contribution in [0.3, 0.4) is 0 Å². The normalized spacial score (nSPS) is 25.6. The summed E-state index contributed by atoms with van der Waals surface area (Å²) >= 11 is 0. The molecule has 2 N–H and O–H groups in total. The van der Waals surface area contributed by atoms with Crippen molar-refractivity contribution in [1.29, 1.82) is 0 Å². The molecule has 0 aromatic heterocycles. The molecule has 5 atom stereocenters. The molecule has 1 unspecified atom stereocenters. The van der Waals surface area contributed by atoms with E-state index in [-0.39, 0.29) is 26.2 Å². The van der Waals surface area contributed by atoms with Gasteiger partial charge in [0.15, 0.2) is 24.4 Å². The van der Waals surface area contributed by atoms with Crippen LogP contribution in [-0.2, 0) is 47.6 Å². The molecule has 0 spiro atoms. The number of ether oxygens (including phenoxy) is 6. The lowest BCUT2D eigenvalue weighted by molar-refractivity contribution is -0.306. The standard InChI is InChI=1S/C19H30O12/c1-5-26-17(24)12(18(25)27-6-2)7-8-28-19-16(30-11(4)22)15(29-10(3)21)14(23)13(9-20)31-19/h12-16,19-20,23H,5-9H2,1-4H3/t13-,14-,15+,16+,19?/m1/s1. The van der Waals surface area contributed by atoms with E-state index in [1.165, 1.54) is 0 Å². The van der Waals surface area contributed by atoms with Crippen LogP contribution < -0.4 is 0 Å². The van der Waals surface area contributed by atoms with Gasteiger partial charge in [0.1, 0.15) is 12.2 Å². The van der Waals surface area contributed by atoms with Crippen LogP contribution in [-0.4, -0.2) is 91.2 Å². The van der Waals surface area contributed by atoms with E-state index >= 15 is 0 Å². The van der Waals surface area contributed by atoms with E-state index in [4.69, 9.17) is 28.4 Å². The Labute approximate surface area is 179 Å². The molecule has 0 aliphatic carbocycles. The topological polar surface area (TPSA) is 164 Å². The van der Waals surface area contributed by atoms with Crippen molar-refractivity contribution in [2.24, 2.45) is 5.92 Å². The Balaban J connectivity index is 2.96. The molecular weight excluding hydrogens is 420 g/mol. The van der Waals surface area contributed by atoms with E-state index in [0.29, 0.717) is 0 Å². The van der Waals surface area contributed by atoms with Gasteiger partial charge in [-0.05, 0) is 20.3 Å². The maximum atomic E-state index is 12.1. The molecule has 0 aromatic rings. The molecule has 178 valence electrons. The summed E-state index contributed by atoms with van der Waals surface area (Å²) in [6.07, 6.45) is -6.93. The minimum absolute atomic E-state index is 0.0655. The van der Waals surface area contributed by atoms with Crippen molar-refractivity contribution in [3.63, 3.8) is 0 Å². The third-order valence-electron chi connectivity index (χ3n) is 4.23. The van der Waals surface area contributed by atoms with Crippen LogP contribution >= 0.6 is 0 Å². The zero-order valence-electron chi connectivity index (χ0n) is 18.0. The zero-order chi connectivity index (χ0) is 23.6. The molecule has 0 aromatic carbocycles. The summed E-state index contributed by atoms with van der Waals surface area (Å²) in [6, 6.07) is 0. The van der Waals surface area contributed by atoms with E-state index in [9.17, 15) is 29.4 Å². The van der Waals surface area contributed by atoms with Crippen molar-refractivity contribution in [1.82, 2.24) is 0 Å². The SMILES string of the molecule is CCOC(=O)C(CCOC1O[C@H](CO)[C@@H](O)[C@H](OC(C)=O)[C@@H]1OC(C)=O)C(=O)OCC. The number of hydrogen-bond donors (Lipinski definition) is 2. The molecule has 0 amide bonds. The van der Waals surface area contributed by atoms with Gasteiger partial charge in [-0.3, -0.25) is 19.2 Å². The van der Waals surface area contributed by atoms with Crippen molar-refractivity contribution in [3.8, 4) is 0 Å². The summed E-state index contributed by atoms with van der Waals surface area (Å²) in [6.45, 7) is 4.62. The van der Waals surface area contributed by atoms with Crippen molar-refractivity contribution < 1.29 is 57.8 Å². The monoisotopic (exact) mass is 450 g/mol. The van der Waals surface area contributed by atoms with Crippen LogP contribution in [0.1, 0.15) is 34.1 Å². The Morgan fingerprint density at radius 1 is 0.935 bits per heavy atom. The predicted octanol–water partition coefficient (Wildman–Crippen LogP) is -0.923. The largest absolute Gasteiger partial charge is 0.465 e. The molecule has 0 saturated carbocycles. The predicted molar refractivity (Wildman–Crippen MR) is 100 cm³/mol. The van der Waals surface area contributed by atoms with Gasteiger partial charge in [0.2, 0.25) is 0 Å². The molecule has 31 heavy (non-hydrogen) atoms. The van der Waals surface area contributed by atoms with Crippen molar-refractivity contribution in [2.45, 2.75) is 64.8 Å². The van der Waals surface area contributed by atoms with Crippen LogP contribution in [0.4, 0.5) is 0 Å². The van der Waals surface area contributed by atoms with Gasteiger partial charge < -0.3 is 38.6 Å². The Kier molecular flexibility index (Phi) is 11.4. The lowest BCUT2D eigenvalue weighted by atomic mass is 9.98. The van der Waals surface area contributed by atoms with E-state index in [2.05, 4.69) is 0 Å². The second-order valence-electron chi connectivity index (χ2n) is 6.58. The van der Waals surface area contributed by atoms with Crippen LogP contribution in [0, 0.1) is 5.92 Å². The fourth-order valence-corrected chi connectivity index (χ4v) is 2.94. The van der Waals surface area contributed by atoms with E-state index in [0.717, 1.165) is 13.8 Å². The number of carbonyl (C=O) groups is 4. The fourth-order valence-electron chi connectivity index (χ4n) is 2.94. The van der Waals surface area contributed by atoms with Crippen LogP contribution in [0.2, 0.25) is 0 Å². The summed E-state index contributed by atoms with van der Waals surface area (Å²) in [5.74, 6) is -4.34. The molecule has 1 fully saturated rings. The smallest absolute Gasteiger partial charge is 0.320 e. The van der Waals surface area contributed by atoms with Gasteiger partial charge >= 0.3 is 23.9 Å². The van der Waals surface area contributed by atoms with Gasteiger partial charge in [0, 0.05) is 13.8 Å². The maximum absolute atomic E-state index is 12.1. The molecule has 1 aliphatic rings. The van der Waals surface area contributed by atoms with Gasteiger partial charge in [-0.15, -0.1) is 0 Å². The maximum Gasteiger partial charge on any atom is 0.320 e. The lowest BCUT2D eigenvalue weighted by Crippen LogP contribution is -2.61. The number of carbonyl (C=O) groups excluding carboxylic acids is 4. The first kappa shape index (κ1) is 26.8.